The highest BCUT2D eigenvalue weighted by molar-refractivity contribution is 6.30. The quantitative estimate of drug-likeness (QED) is 0.771. The van der Waals surface area contributed by atoms with E-state index in [0.29, 0.717) is 22.8 Å². The number of carbonyl (C=O) groups excluding carboxylic acids is 1. The van der Waals surface area contributed by atoms with E-state index in [1.54, 1.807) is 30.4 Å². The van der Waals surface area contributed by atoms with Gasteiger partial charge in [0.15, 0.2) is 0 Å². The lowest BCUT2D eigenvalue weighted by Crippen LogP contribution is -2.13. The van der Waals surface area contributed by atoms with Crippen LogP contribution < -0.4 is 5.32 Å². The maximum atomic E-state index is 14.2. The number of carboxylic acids is 1. The van der Waals surface area contributed by atoms with Crippen LogP contribution >= 0.6 is 11.6 Å². The first-order valence-electron chi connectivity index (χ1n) is 8.14. The third-order valence-electron chi connectivity index (χ3n) is 4.52. The van der Waals surface area contributed by atoms with Gasteiger partial charge in [0.05, 0.1) is 11.1 Å². The minimum atomic E-state index is -1.21. The molecular weight excluding hydrogens is 373 g/mol. The van der Waals surface area contributed by atoms with Crippen LogP contribution in [0.25, 0.3) is 17.4 Å². The summed E-state index contributed by atoms with van der Waals surface area (Å²) >= 11 is 6.08. The van der Waals surface area contributed by atoms with Crippen molar-refractivity contribution < 1.29 is 23.5 Å². The van der Waals surface area contributed by atoms with Gasteiger partial charge in [0, 0.05) is 22.2 Å². The molecule has 1 unspecified atom stereocenters. The maximum Gasteiger partial charge on any atom is 0.335 e. The second-order valence-electron chi connectivity index (χ2n) is 6.25. The number of carboxylic acid groups (broad SMARTS) is 1. The van der Waals surface area contributed by atoms with Gasteiger partial charge in [-0.25, -0.2) is 9.18 Å². The molecule has 2 aromatic rings. The van der Waals surface area contributed by atoms with Crippen molar-refractivity contribution in [1.82, 2.24) is 5.32 Å². The lowest BCUT2D eigenvalue weighted by molar-refractivity contribution is -0.115. The molecule has 2 heterocycles. The number of rotatable bonds is 3. The van der Waals surface area contributed by atoms with Gasteiger partial charge in [0.2, 0.25) is 0 Å². The number of furan rings is 1. The van der Waals surface area contributed by atoms with Gasteiger partial charge >= 0.3 is 5.97 Å². The molecule has 136 valence electrons. The zero-order valence-corrected chi connectivity index (χ0v) is 14.6. The Labute approximate surface area is 158 Å². The Morgan fingerprint density at radius 2 is 2.11 bits per heavy atom. The van der Waals surface area contributed by atoms with Crippen molar-refractivity contribution in [2.75, 3.05) is 0 Å². The fourth-order valence-corrected chi connectivity index (χ4v) is 3.40. The van der Waals surface area contributed by atoms with Gasteiger partial charge in [0.1, 0.15) is 17.3 Å². The van der Waals surface area contributed by atoms with E-state index in [0.717, 1.165) is 11.8 Å². The zero-order valence-electron chi connectivity index (χ0n) is 13.8. The Hall–Kier alpha value is -3.12. The summed E-state index contributed by atoms with van der Waals surface area (Å²) in [6, 6.07) is 6.80. The molecule has 1 aromatic heterocycles. The molecule has 1 atom stereocenters. The largest absolute Gasteiger partial charge is 0.478 e. The summed E-state index contributed by atoms with van der Waals surface area (Å²) in [5.74, 6) is -1.65. The lowest BCUT2D eigenvalue weighted by atomic mass is 9.92. The second kappa shape index (κ2) is 6.55. The summed E-state index contributed by atoms with van der Waals surface area (Å²) in [7, 11) is 0. The minimum absolute atomic E-state index is 0.143. The van der Waals surface area contributed by atoms with E-state index in [4.69, 9.17) is 21.1 Å². The normalized spacial score (nSPS) is 20.1. The van der Waals surface area contributed by atoms with Crippen molar-refractivity contribution >= 4 is 29.6 Å². The van der Waals surface area contributed by atoms with Crippen molar-refractivity contribution in [3.63, 3.8) is 0 Å². The van der Waals surface area contributed by atoms with E-state index in [9.17, 15) is 14.0 Å². The van der Waals surface area contributed by atoms with Crippen LogP contribution in [0.4, 0.5) is 4.39 Å². The molecule has 5 nitrogen and oxygen atoms in total. The standard InChI is InChI=1S/C20H13ClFNO4/c21-11-2-5-17-14(8-11)15(19(24)23-17)9-12-3-6-18(27-12)13-4-1-10(20(25)26)7-16(13)22/h1-7,9,14H,8H2,(H,23,24)(H,25,26). The Morgan fingerprint density at radius 1 is 1.30 bits per heavy atom. The summed E-state index contributed by atoms with van der Waals surface area (Å²) in [5.41, 5.74) is 1.31. The van der Waals surface area contributed by atoms with Crippen molar-refractivity contribution in [3.8, 4) is 11.3 Å². The van der Waals surface area contributed by atoms with Crippen LogP contribution in [0.1, 0.15) is 22.5 Å². The average Bonchev–Trinajstić information content (AvgIpc) is 3.20. The van der Waals surface area contributed by atoms with Crippen molar-refractivity contribution in [2.24, 2.45) is 5.92 Å². The lowest BCUT2D eigenvalue weighted by Gasteiger charge is -2.14. The van der Waals surface area contributed by atoms with Crippen LogP contribution in [0.3, 0.4) is 0 Å². The van der Waals surface area contributed by atoms with Crippen molar-refractivity contribution in [1.29, 1.82) is 0 Å². The van der Waals surface area contributed by atoms with Crippen molar-refractivity contribution in [3.05, 3.63) is 75.9 Å². The number of hydrogen-bond acceptors (Lipinski definition) is 3. The topological polar surface area (TPSA) is 79.5 Å². The molecule has 27 heavy (non-hydrogen) atoms. The predicted octanol–water partition coefficient (Wildman–Crippen LogP) is 4.32. The number of fused-ring (bicyclic) bond motifs is 1. The fourth-order valence-electron chi connectivity index (χ4n) is 3.18. The minimum Gasteiger partial charge on any atom is -0.478 e. The van der Waals surface area contributed by atoms with Crippen LogP contribution in [0.2, 0.25) is 0 Å². The number of aromatic carboxylic acids is 1. The number of nitrogens with one attached hydrogen (secondary N) is 1. The van der Waals surface area contributed by atoms with Gasteiger partial charge < -0.3 is 14.8 Å². The average molecular weight is 386 g/mol. The molecule has 7 heteroatoms. The smallest absolute Gasteiger partial charge is 0.335 e. The summed E-state index contributed by atoms with van der Waals surface area (Å²) in [6.45, 7) is 0. The number of carbonyl (C=O) groups is 2. The first-order valence-corrected chi connectivity index (χ1v) is 8.52. The molecule has 0 saturated carbocycles. The molecule has 1 saturated heterocycles. The Balaban J connectivity index is 1.65. The number of benzene rings is 1. The van der Waals surface area contributed by atoms with E-state index < -0.39 is 11.8 Å². The van der Waals surface area contributed by atoms with Crippen LogP contribution in [-0.4, -0.2) is 17.0 Å². The molecule has 2 aliphatic rings. The number of allylic oxidation sites excluding steroid dienone is 4. The highest BCUT2D eigenvalue weighted by Crippen LogP contribution is 2.37. The van der Waals surface area contributed by atoms with Crippen molar-refractivity contribution in [2.45, 2.75) is 6.42 Å². The molecule has 0 radical (unpaired) electrons. The van der Waals surface area contributed by atoms with Gasteiger partial charge in [-0.2, -0.15) is 0 Å². The van der Waals surface area contributed by atoms with Gasteiger partial charge in [-0.1, -0.05) is 11.6 Å². The molecule has 1 aliphatic carbocycles. The van der Waals surface area contributed by atoms with Gasteiger partial charge in [-0.05, 0) is 55.0 Å². The Bertz CT molecular complexity index is 1060. The SMILES string of the molecule is O=C1NC2=CC=C(Cl)CC2C1=Cc1ccc(-c2ccc(C(=O)O)cc2F)o1. The monoisotopic (exact) mass is 385 g/mol. The van der Waals surface area contributed by atoms with E-state index in [1.165, 1.54) is 12.1 Å². The molecule has 0 spiro atoms. The van der Waals surface area contributed by atoms with Crippen LogP contribution in [0, 0.1) is 11.7 Å². The fraction of sp³-hybridized carbons (Fsp3) is 0.100. The Morgan fingerprint density at radius 3 is 2.85 bits per heavy atom. The third kappa shape index (κ3) is 3.19. The molecule has 4 rings (SSSR count). The third-order valence-corrected chi connectivity index (χ3v) is 4.80. The highest BCUT2D eigenvalue weighted by atomic mass is 35.5. The first-order chi connectivity index (χ1) is 12.9. The number of halogens is 2. The van der Waals surface area contributed by atoms with E-state index in [2.05, 4.69) is 5.32 Å². The molecule has 1 aromatic carbocycles. The van der Waals surface area contributed by atoms with Gasteiger partial charge in [-0.3, -0.25) is 4.79 Å². The molecule has 1 aliphatic heterocycles. The molecule has 2 N–H and O–H groups in total. The maximum absolute atomic E-state index is 14.2. The van der Waals surface area contributed by atoms with Crippen LogP contribution in [0.5, 0.6) is 0 Å². The summed E-state index contributed by atoms with van der Waals surface area (Å²) in [4.78, 5) is 23.2. The number of amides is 1. The van der Waals surface area contributed by atoms with E-state index >= 15 is 0 Å². The zero-order chi connectivity index (χ0) is 19.1. The van der Waals surface area contributed by atoms with E-state index in [1.807, 2.05) is 0 Å². The first kappa shape index (κ1) is 17.3. The van der Waals surface area contributed by atoms with Crippen LogP contribution in [0.15, 0.2) is 63.2 Å². The Kier molecular flexibility index (Phi) is 4.20. The summed E-state index contributed by atoms with van der Waals surface area (Å²) < 4.78 is 19.9. The molecule has 0 bridgehead atoms. The molecular formula is C20H13ClFNO4. The van der Waals surface area contributed by atoms with Gasteiger partial charge in [0.25, 0.3) is 5.91 Å². The number of hydrogen-bond donors (Lipinski definition) is 2. The predicted molar refractivity (Wildman–Crippen MR) is 97.3 cm³/mol. The summed E-state index contributed by atoms with van der Waals surface area (Å²) in [5, 5.41) is 12.4. The molecule has 1 fully saturated rings. The second-order valence-corrected chi connectivity index (χ2v) is 6.73. The van der Waals surface area contributed by atoms with Gasteiger partial charge in [-0.15, -0.1) is 0 Å². The van der Waals surface area contributed by atoms with Crippen LogP contribution in [-0.2, 0) is 4.79 Å². The molecule has 1 amide bonds. The summed E-state index contributed by atoms with van der Waals surface area (Å²) in [6.07, 6.45) is 5.67. The van der Waals surface area contributed by atoms with E-state index in [-0.39, 0.29) is 28.7 Å². The highest BCUT2D eigenvalue weighted by Gasteiger charge is 2.34.